The summed E-state index contributed by atoms with van der Waals surface area (Å²) in [5, 5.41) is 29.0. The summed E-state index contributed by atoms with van der Waals surface area (Å²) in [6.45, 7) is 4.38. The lowest BCUT2D eigenvalue weighted by Crippen LogP contribution is -2.26. The molecule has 0 saturated heterocycles. The Bertz CT molecular complexity index is 1160. The molecule has 4 aromatic rings. The first-order valence-corrected chi connectivity index (χ1v) is 10.8. The van der Waals surface area contributed by atoms with E-state index in [4.69, 9.17) is 0 Å². The molecule has 0 spiro atoms. The van der Waals surface area contributed by atoms with E-state index in [0.717, 1.165) is 23.1 Å². The topological polar surface area (TPSA) is 60.7 Å². The van der Waals surface area contributed by atoms with Gasteiger partial charge in [0.2, 0.25) is 0 Å². The van der Waals surface area contributed by atoms with Crippen LogP contribution < -0.4 is 0 Å². The minimum absolute atomic E-state index is 0.210. The van der Waals surface area contributed by atoms with Gasteiger partial charge in [-0.1, -0.05) is 74.5 Å². The van der Waals surface area contributed by atoms with Gasteiger partial charge in [0.15, 0.2) is 0 Å². The molecule has 2 atom stereocenters. The van der Waals surface area contributed by atoms with Gasteiger partial charge >= 0.3 is 0 Å². The van der Waals surface area contributed by atoms with Crippen molar-refractivity contribution < 1.29 is 15.3 Å². The zero-order chi connectivity index (χ0) is 22.7. The molecule has 2 unspecified atom stereocenters. The number of aromatic hydroxyl groups is 3. The van der Waals surface area contributed by atoms with Crippen LogP contribution in [-0.4, -0.2) is 15.3 Å². The van der Waals surface area contributed by atoms with Crippen LogP contribution in [0.5, 0.6) is 17.2 Å². The Hall–Kier alpha value is -3.72. The van der Waals surface area contributed by atoms with Crippen LogP contribution in [0.2, 0.25) is 0 Å². The molecule has 3 nitrogen and oxygen atoms in total. The van der Waals surface area contributed by atoms with Crippen molar-refractivity contribution in [3.63, 3.8) is 0 Å². The summed E-state index contributed by atoms with van der Waals surface area (Å²) in [4.78, 5) is 0. The third kappa shape index (κ3) is 4.47. The van der Waals surface area contributed by atoms with Crippen LogP contribution in [0.15, 0.2) is 97.1 Å². The molecular formula is C29H28O3. The lowest BCUT2D eigenvalue weighted by atomic mass is 9.71. The Balaban J connectivity index is 1.69. The molecule has 3 heteroatoms. The molecule has 0 amide bonds. The van der Waals surface area contributed by atoms with E-state index < -0.39 is 0 Å². The average molecular weight is 425 g/mol. The van der Waals surface area contributed by atoms with E-state index >= 15 is 0 Å². The second-order valence-electron chi connectivity index (χ2n) is 8.66. The van der Waals surface area contributed by atoms with Gasteiger partial charge in [-0.2, -0.15) is 0 Å². The van der Waals surface area contributed by atoms with Crippen LogP contribution >= 0.6 is 0 Å². The van der Waals surface area contributed by atoms with E-state index in [1.54, 1.807) is 36.4 Å². The second kappa shape index (κ2) is 8.80. The van der Waals surface area contributed by atoms with Crippen molar-refractivity contribution in [2.24, 2.45) is 0 Å². The zero-order valence-electron chi connectivity index (χ0n) is 18.4. The normalized spacial score (nSPS) is 13.9. The molecule has 32 heavy (non-hydrogen) atoms. The molecule has 0 aliphatic heterocycles. The number of hydrogen-bond donors (Lipinski definition) is 3. The molecule has 162 valence electrons. The molecule has 0 saturated carbocycles. The predicted molar refractivity (Wildman–Crippen MR) is 128 cm³/mol. The van der Waals surface area contributed by atoms with E-state index in [0.29, 0.717) is 0 Å². The van der Waals surface area contributed by atoms with Crippen molar-refractivity contribution in [3.05, 3.63) is 125 Å². The fourth-order valence-corrected chi connectivity index (χ4v) is 4.32. The minimum Gasteiger partial charge on any atom is -0.508 e. The molecular weight excluding hydrogens is 396 g/mol. The van der Waals surface area contributed by atoms with Crippen molar-refractivity contribution in [2.45, 2.75) is 31.6 Å². The van der Waals surface area contributed by atoms with Crippen LogP contribution in [0.1, 0.15) is 47.6 Å². The van der Waals surface area contributed by atoms with Crippen molar-refractivity contribution in [1.29, 1.82) is 0 Å². The largest absolute Gasteiger partial charge is 0.508 e. The van der Waals surface area contributed by atoms with Crippen molar-refractivity contribution in [1.82, 2.24) is 0 Å². The van der Waals surface area contributed by atoms with E-state index in [9.17, 15) is 15.3 Å². The summed E-state index contributed by atoms with van der Waals surface area (Å²) in [6, 6.07) is 30.8. The lowest BCUT2D eigenvalue weighted by Gasteiger charge is -2.32. The number of rotatable bonds is 6. The molecule has 0 heterocycles. The monoisotopic (exact) mass is 424 g/mol. The van der Waals surface area contributed by atoms with Crippen molar-refractivity contribution in [3.8, 4) is 17.2 Å². The molecule has 0 aliphatic carbocycles. The van der Waals surface area contributed by atoms with Gasteiger partial charge in [0.05, 0.1) is 0 Å². The highest BCUT2D eigenvalue weighted by Crippen LogP contribution is 2.37. The summed E-state index contributed by atoms with van der Waals surface area (Å²) in [7, 11) is 0. The van der Waals surface area contributed by atoms with Crippen LogP contribution in [-0.2, 0) is 11.8 Å². The molecule has 3 N–H and O–H groups in total. The fraction of sp³-hybridized carbons (Fsp3) is 0.172. The summed E-state index contributed by atoms with van der Waals surface area (Å²) in [5.74, 6) is 0.989. The van der Waals surface area contributed by atoms with Gasteiger partial charge < -0.3 is 15.3 Å². The van der Waals surface area contributed by atoms with Crippen LogP contribution in [0.3, 0.4) is 0 Å². The maximum absolute atomic E-state index is 9.79. The summed E-state index contributed by atoms with van der Waals surface area (Å²) >= 11 is 0. The maximum atomic E-state index is 9.79. The van der Waals surface area contributed by atoms with Gasteiger partial charge in [0.25, 0.3) is 0 Å². The summed E-state index contributed by atoms with van der Waals surface area (Å²) in [6.07, 6.45) is 0.755. The van der Waals surface area contributed by atoms with Crippen molar-refractivity contribution >= 4 is 0 Å². The molecule has 0 aromatic heterocycles. The Morgan fingerprint density at radius 2 is 0.906 bits per heavy atom. The zero-order valence-corrected chi connectivity index (χ0v) is 18.4. The molecule has 0 fully saturated rings. The third-order valence-electron chi connectivity index (χ3n) is 6.44. The Labute approximate surface area is 189 Å². The molecule has 4 aromatic carbocycles. The molecule has 4 rings (SSSR count). The summed E-state index contributed by atoms with van der Waals surface area (Å²) < 4.78 is 0. The molecule has 0 aliphatic rings. The number of phenols is 3. The van der Waals surface area contributed by atoms with Gasteiger partial charge in [0.1, 0.15) is 17.2 Å². The van der Waals surface area contributed by atoms with Gasteiger partial charge in [-0.3, -0.25) is 0 Å². The Morgan fingerprint density at radius 1 is 0.562 bits per heavy atom. The quantitative estimate of drug-likeness (QED) is 0.331. The Morgan fingerprint density at radius 3 is 1.38 bits per heavy atom. The molecule has 0 bridgehead atoms. The van der Waals surface area contributed by atoms with Crippen molar-refractivity contribution in [2.75, 3.05) is 0 Å². The lowest BCUT2D eigenvalue weighted by molar-refractivity contribution is 0.472. The van der Waals surface area contributed by atoms with Crippen LogP contribution in [0.4, 0.5) is 0 Å². The fourth-order valence-electron chi connectivity index (χ4n) is 4.32. The third-order valence-corrected chi connectivity index (χ3v) is 6.44. The standard InChI is InChI=1S/C29H28O3/c1-20(23-7-15-27(31)16-8-23)22-5-9-24(10-6-22)29(2,25-11-17-28(32)18-12-25)19-21-3-13-26(30)14-4-21/h3-18,20,30-32H,19H2,1-2H3. The average Bonchev–Trinajstić information content (AvgIpc) is 2.81. The number of benzene rings is 4. The number of phenolic OH excluding ortho intramolecular Hbond substituents is 3. The van der Waals surface area contributed by atoms with Crippen LogP contribution in [0, 0.1) is 0 Å². The first-order valence-electron chi connectivity index (χ1n) is 10.8. The van der Waals surface area contributed by atoms with E-state index in [2.05, 4.69) is 38.1 Å². The van der Waals surface area contributed by atoms with E-state index in [1.807, 2.05) is 36.4 Å². The predicted octanol–water partition coefficient (Wildman–Crippen LogP) is 6.50. The number of hydrogen-bond acceptors (Lipinski definition) is 3. The van der Waals surface area contributed by atoms with E-state index in [-0.39, 0.29) is 28.6 Å². The maximum Gasteiger partial charge on any atom is 0.115 e. The first kappa shape index (κ1) is 21.5. The first-order chi connectivity index (χ1) is 15.3. The smallest absolute Gasteiger partial charge is 0.115 e. The van der Waals surface area contributed by atoms with E-state index in [1.165, 1.54) is 11.1 Å². The summed E-state index contributed by atoms with van der Waals surface area (Å²) in [5.41, 5.74) is 5.46. The SMILES string of the molecule is CC(c1ccc(O)cc1)c1ccc(C(C)(Cc2ccc(O)cc2)c2ccc(O)cc2)cc1. The van der Waals surface area contributed by atoms with Gasteiger partial charge in [-0.25, -0.2) is 0 Å². The highest BCUT2D eigenvalue weighted by atomic mass is 16.3. The molecule has 0 radical (unpaired) electrons. The Kier molecular flexibility index (Phi) is 5.91. The minimum atomic E-state index is -0.315. The second-order valence-corrected chi connectivity index (χ2v) is 8.66. The van der Waals surface area contributed by atoms with Crippen LogP contribution in [0.25, 0.3) is 0 Å². The van der Waals surface area contributed by atoms with Gasteiger partial charge in [-0.05, 0) is 70.6 Å². The highest BCUT2D eigenvalue weighted by molar-refractivity contribution is 5.45. The van der Waals surface area contributed by atoms with Gasteiger partial charge in [0, 0.05) is 11.3 Å². The highest BCUT2D eigenvalue weighted by Gasteiger charge is 2.29. The van der Waals surface area contributed by atoms with Gasteiger partial charge in [-0.15, -0.1) is 0 Å².